The number of hydrogen-bond donors (Lipinski definition) is 4. The maximum Gasteiger partial charge on any atom is 0.187 e. The van der Waals surface area contributed by atoms with E-state index in [2.05, 4.69) is 41.5 Å². The van der Waals surface area contributed by atoms with Gasteiger partial charge in [0, 0.05) is 21.7 Å². The third-order valence-corrected chi connectivity index (χ3v) is 11.8. The Bertz CT molecular complexity index is 237. The molecule has 0 aromatic heterocycles. The molecule has 7 heteroatoms. The van der Waals surface area contributed by atoms with Crippen LogP contribution in [-0.2, 0) is 21.7 Å². The van der Waals surface area contributed by atoms with Crippen molar-refractivity contribution in [1.29, 1.82) is 0 Å². The molecule has 4 N–H and O–H groups in total. The van der Waals surface area contributed by atoms with E-state index in [1.807, 2.05) is 0 Å². The zero-order valence-electron chi connectivity index (χ0n) is 20.5. The molecule has 0 unspecified atom stereocenters. The molecule has 0 bridgehead atoms. The van der Waals surface area contributed by atoms with Crippen molar-refractivity contribution in [3.05, 3.63) is 0 Å². The summed E-state index contributed by atoms with van der Waals surface area (Å²) >= 11 is 0. The van der Waals surface area contributed by atoms with E-state index in [9.17, 15) is 9.59 Å². The molecule has 0 aliphatic heterocycles. The first-order valence-electron chi connectivity index (χ1n) is 10.3. The minimum absolute atomic E-state index is 0. The third-order valence-electron chi connectivity index (χ3n) is 3.95. The molecule has 0 fully saturated rings. The van der Waals surface area contributed by atoms with Crippen LogP contribution in [0.3, 0.4) is 0 Å². The van der Waals surface area contributed by atoms with E-state index in [-0.39, 0.29) is 21.7 Å². The van der Waals surface area contributed by atoms with Crippen molar-refractivity contribution in [1.82, 2.24) is 0 Å². The van der Waals surface area contributed by atoms with Gasteiger partial charge in [-0.1, -0.05) is 41.5 Å². The minimum Gasteiger partial charge on any atom is -0.432 e. The van der Waals surface area contributed by atoms with Gasteiger partial charge in [0.1, 0.15) is 0 Å². The van der Waals surface area contributed by atoms with Crippen LogP contribution in [0.25, 0.3) is 0 Å². The Hall–Kier alpha value is 0.988. The predicted octanol–water partition coefficient (Wildman–Crippen LogP) is 5.52. The second kappa shape index (κ2) is 19.0. The Balaban J connectivity index is -0.0000000807. The van der Waals surface area contributed by atoms with Gasteiger partial charge in [0.15, 0.2) is 16.6 Å². The van der Waals surface area contributed by atoms with E-state index in [4.69, 9.17) is 10.2 Å². The largest absolute Gasteiger partial charge is 0.432 e. The van der Waals surface area contributed by atoms with Gasteiger partial charge < -0.3 is 19.8 Å². The van der Waals surface area contributed by atoms with E-state index in [1.165, 1.54) is 0 Å². The van der Waals surface area contributed by atoms with Crippen molar-refractivity contribution < 1.29 is 41.5 Å². The molecule has 0 spiro atoms. The van der Waals surface area contributed by atoms with Gasteiger partial charge in [0.25, 0.3) is 0 Å². The molecule has 0 radical (unpaired) electrons. The Morgan fingerprint density at radius 3 is 0.556 bits per heavy atom. The second-order valence-electron chi connectivity index (χ2n) is 8.91. The van der Waals surface area contributed by atoms with Crippen LogP contribution in [0.4, 0.5) is 0 Å². The van der Waals surface area contributed by atoms with Crippen LogP contribution >= 0.6 is 0 Å². The van der Waals surface area contributed by atoms with Crippen molar-refractivity contribution in [2.24, 2.45) is 0 Å². The fourth-order valence-electron chi connectivity index (χ4n) is 1.50. The van der Waals surface area contributed by atoms with Crippen LogP contribution in [0.2, 0.25) is 36.3 Å². The summed E-state index contributed by atoms with van der Waals surface area (Å²) < 4.78 is 0. The zero-order chi connectivity index (χ0) is 22.2. The van der Waals surface area contributed by atoms with Crippen molar-refractivity contribution in [3.63, 3.8) is 0 Å². The van der Waals surface area contributed by atoms with Crippen LogP contribution in [0, 0.1) is 0 Å². The van der Waals surface area contributed by atoms with Gasteiger partial charge in [-0.15, -0.1) is 0 Å². The molecule has 0 aliphatic carbocycles. The number of hydrogen-bond acceptors (Lipinski definition) is 4. The second-order valence-corrected chi connectivity index (χ2v) is 18.1. The summed E-state index contributed by atoms with van der Waals surface area (Å²) in [7, 11) is -3.34. The Kier molecular flexibility index (Phi) is 27.1. The summed E-state index contributed by atoms with van der Waals surface area (Å²) in [6.45, 7) is 23.0. The molecule has 4 nitrogen and oxygen atoms in total. The van der Waals surface area contributed by atoms with Gasteiger partial charge in [-0.25, -0.2) is 0 Å². The van der Waals surface area contributed by atoms with E-state index < -0.39 is 27.8 Å². The van der Waals surface area contributed by atoms with Gasteiger partial charge in [-0.2, -0.15) is 0 Å². The zero-order valence-corrected chi connectivity index (χ0v) is 24.1. The maximum absolute atomic E-state index is 9.58. The fraction of sp³-hybridized carbons (Fsp3) is 1.00. The molecular weight excluding hydrogens is 408 g/mol. The van der Waals surface area contributed by atoms with Gasteiger partial charge in [0.2, 0.25) is 0 Å². The molecule has 168 valence electrons. The fourth-order valence-corrected chi connectivity index (χ4v) is 4.50. The molecule has 0 saturated carbocycles. The summed E-state index contributed by atoms with van der Waals surface area (Å²) in [6, 6.07) is 6.08. The summed E-state index contributed by atoms with van der Waals surface area (Å²) in [4.78, 5) is 19.2. The summed E-state index contributed by atoms with van der Waals surface area (Å²) in [5.41, 5.74) is -1.00. The van der Waals surface area contributed by atoms with Crippen LogP contribution in [0.5, 0.6) is 0 Å². The van der Waals surface area contributed by atoms with Crippen molar-refractivity contribution in [2.75, 3.05) is 0 Å². The average molecular weight is 461 g/mol. The molecule has 0 aromatic rings. The van der Waals surface area contributed by atoms with Crippen LogP contribution in [0.15, 0.2) is 0 Å². The Morgan fingerprint density at radius 1 is 0.481 bits per heavy atom. The molecule has 0 heterocycles. The molecule has 0 aromatic carbocycles. The third kappa shape index (κ3) is 46.7. The normalized spacial score (nSPS) is 11.6. The van der Waals surface area contributed by atoms with Gasteiger partial charge in [-0.3, -0.25) is 0 Å². The number of rotatable bonds is 6. The monoisotopic (exact) mass is 460 g/mol. The minimum atomic E-state index is -1.67. The smallest absolute Gasteiger partial charge is 0.187 e. The van der Waals surface area contributed by atoms with Crippen molar-refractivity contribution >= 4 is 16.6 Å². The van der Waals surface area contributed by atoms with Crippen LogP contribution in [0.1, 0.15) is 83.1 Å². The first-order valence-corrected chi connectivity index (χ1v) is 15.4. The summed E-state index contributed by atoms with van der Waals surface area (Å²) in [5.74, 6) is 0. The topological polar surface area (TPSA) is 80.9 Å². The van der Waals surface area contributed by atoms with Crippen molar-refractivity contribution in [3.8, 4) is 0 Å². The van der Waals surface area contributed by atoms with E-state index in [0.29, 0.717) is 0 Å². The summed E-state index contributed by atoms with van der Waals surface area (Å²) in [6.07, 6.45) is 0. The first-order chi connectivity index (χ1) is 11.4. The molecule has 0 rings (SSSR count). The van der Waals surface area contributed by atoms with E-state index in [1.54, 1.807) is 41.5 Å². The molecule has 0 aliphatic rings. The van der Waals surface area contributed by atoms with E-state index in [0.717, 1.165) is 36.3 Å². The van der Waals surface area contributed by atoms with Crippen LogP contribution in [-0.4, -0.2) is 47.6 Å². The molecule has 0 atom stereocenters. The maximum atomic E-state index is 9.58. The van der Waals surface area contributed by atoms with Crippen LogP contribution < -0.4 is 0 Å². The van der Waals surface area contributed by atoms with Crippen molar-refractivity contribution in [2.45, 2.75) is 131 Å². The summed E-state index contributed by atoms with van der Waals surface area (Å²) in [5, 5.41) is 17.0. The molecule has 0 saturated heterocycles. The molecule has 27 heavy (non-hydrogen) atoms. The predicted molar refractivity (Wildman–Crippen MR) is 123 cm³/mol. The Morgan fingerprint density at radius 2 is 0.556 bits per heavy atom. The quantitative estimate of drug-likeness (QED) is 0.394. The standard InChI is InChI=1S/2C6H16OSi.2C4H10O.Ti/c2*1-4-8(7,5-2)6-3;2*1-4(2,3)5;/h2*7H,4-6H2,1-3H3;2*5H,1-3H3;. The SMILES string of the molecule is CC(C)(C)O.CC(C)(C)O.CC[Si](O)(CC)CC.CC[Si](O)(CC)CC.[Ti]. The van der Waals surface area contributed by atoms with E-state index >= 15 is 0 Å². The molecule has 0 amide bonds. The number of aliphatic hydroxyl groups is 2. The average Bonchev–Trinajstić information content (AvgIpc) is 2.51. The molecular formula is C20H52O4Si2Ti. The van der Waals surface area contributed by atoms with Gasteiger partial charge >= 0.3 is 0 Å². The Labute approximate surface area is 188 Å². The van der Waals surface area contributed by atoms with Gasteiger partial charge in [0.05, 0.1) is 11.2 Å². The first kappa shape index (κ1) is 38.6. The van der Waals surface area contributed by atoms with Gasteiger partial charge in [-0.05, 0) is 77.8 Å².